The number of carbonyl (C=O) groups is 1. The van der Waals surface area contributed by atoms with E-state index >= 15 is 0 Å². The predicted octanol–water partition coefficient (Wildman–Crippen LogP) is 3.92. The Morgan fingerprint density at radius 1 is 1.07 bits per heavy atom. The highest BCUT2D eigenvalue weighted by atomic mass is 19.1. The summed E-state index contributed by atoms with van der Waals surface area (Å²) in [6.07, 6.45) is 1.62. The molecule has 7 heteroatoms. The summed E-state index contributed by atoms with van der Waals surface area (Å²) in [6, 6.07) is 11.3. The number of nitrogens with zero attached hydrogens (tertiary/aromatic N) is 2. The van der Waals surface area contributed by atoms with E-state index in [9.17, 15) is 9.18 Å². The van der Waals surface area contributed by atoms with Gasteiger partial charge in [0.2, 0.25) is 0 Å². The van der Waals surface area contributed by atoms with Gasteiger partial charge in [0.25, 0.3) is 5.91 Å². The van der Waals surface area contributed by atoms with Gasteiger partial charge < -0.3 is 14.4 Å². The smallest absolute Gasteiger partial charge is 0.260 e. The van der Waals surface area contributed by atoms with Crippen LogP contribution in [0.1, 0.15) is 26.3 Å². The molecular weight excluding hydrogens is 361 g/mol. The summed E-state index contributed by atoms with van der Waals surface area (Å²) < 4.78 is 24.2. The average Bonchev–Trinajstić information content (AvgIpc) is 2.70. The first kappa shape index (κ1) is 21.2. The zero-order valence-corrected chi connectivity index (χ0v) is 16.4. The SMILES string of the molecule is CCOc1cc(/C=N/Nc2ccc(F)cc2)ccc1OCC(=O)N(CC)CC. The van der Waals surface area contributed by atoms with Crippen molar-refractivity contribution >= 4 is 17.8 Å². The van der Waals surface area contributed by atoms with Gasteiger partial charge in [0.05, 0.1) is 18.5 Å². The second kappa shape index (κ2) is 10.9. The first-order valence-electron chi connectivity index (χ1n) is 9.29. The van der Waals surface area contributed by atoms with Gasteiger partial charge in [-0.05, 0) is 68.8 Å². The fourth-order valence-corrected chi connectivity index (χ4v) is 2.51. The lowest BCUT2D eigenvalue weighted by atomic mass is 10.2. The third-order valence-corrected chi connectivity index (χ3v) is 3.99. The molecule has 0 saturated heterocycles. The van der Waals surface area contributed by atoms with Crippen LogP contribution in [0, 0.1) is 5.82 Å². The van der Waals surface area contributed by atoms with E-state index < -0.39 is 0 Å². The Morgan fingerprint density at radius 3 is 2.43 bits per heavy atom. The largest absolute Gasteiger partial charge is 0.490 e. The monoisotopic (exact) mass is 387 g/mol. The van der Waals surface area contributed by atoms with Crippen molar-refractivity contribution in [2.75, 3.05) is 31.7 Å². The van der Waals surface area contributed by atoms with Crippen LogP contribution in [-0.2, 0) is 4.79 Å². The molecule has 0 atom stereocenters. The summed E-state index contributed by atoms with van der Waals surface area (Å²) in [6.45, 7) is 7.46. The van der Waals surface area contributed by atoms with E-state index in [0.29, 0.717) is 36.9 Å². The molecule has 0 spiro atoms. The van der Waals surface area contributed by atoms with Crippen LogP contribution in [0.15, 0.2) is 47.6 Å². The number of ether oxygens (including phenoxy) is 2. The number of likely N-dealkylation sites (N-methyl/N-ethyl adjacent to an activating group) is 1. The molecule has 0 aliphatic heterocycles. The number of amides is 1. The number of hydrogen-bond donors (Lipinski definition) is 1. The Labute approximate surface area is 165 Å². The Balaban J connectivity index is 2.03. The maximum Gasteiger partial charge on any atom is 0.260 e. The van der Waals surface area contributed by atoms with E-state index in [4.69, 9.17) is 9.47 Å². The number of carbonyl (C=O) groups excluding carboxylic acids is 1. The van der Waals surface area contributed by atoms with Gasteiger partial charge in [-0.2, -0.15) is 5.10 Å². The van der Waals surface area contributed by atoms with Crippen LogP contribution >= 0.6 is 0 Å². The van der Waals surface area contributed by atoms with E-state index in [1.165, 1.54) is 12.1 Å². The van der Waals surface area contributed by atoms with Crippen molar-refractivity contribution in [2.45, 2.75) is 20.8 Å². The molecular formula is C21H26FN3O3. The lowest BCUT2D eigenvalue weighted by Gasteiger charge is -2.19. The number of benzene rings is 2. The highest BCUT2D eigenvalue weighted by Gasteiger charge is 2.12. The van der Waals surface area contributed by atoms with Crippen molar-refractivity contribution in [3.8, 4) is 11.5 Å². The lowest BCUT2D eigenvalue weighted by molar-refractivity contribution is -0.132. The molecule has 0 bridgehead atoms. The minimum absolute atomic E-state index is 0.0404. The molecule has 0 saturated carbocycles. The molecule has 1 N–H and O–H groups in total. The third-order valence-electron chi connectivity index (χ3n) is 3.99. The van der Waals surface area contributed by atoms with Crippen molar-refractivity contribution < 1.29 is 18.7 Å². The average molecular weight is 387 g/mol. The molecule has 0 aliphatic rings. The Bertz CT molecular complexity index is 790. The number of rotatable bonds is 10. The minimum Gasteiger partial charge on any atom is -0.490 e. The molecule has 150 valence electrons. The number of hydrogen-bond acceptors (Lipinski definition) is 5. The molecule has 0 radical (unpaired) electrons. The topological polar surface area (TPSA) is 63.2 Å². The van der Waals surface area contributed by atoms with Crippen molar-refractivity contribution in [2.24, 2.45) is 5.10 Å². The lowest BCUT2D eigenvalue weighted by Crippen LogP contribution is -2.34. The zero-order valence-electron chi connectivity index (χ0n) is 16.4. The first-order chi connectivity index (χ1) is 13.6. The standard InChI is InChI=1S/C21H26FN3O3/c1-4-25(5-2)21(26)15-28-19-12-7-16(13-20(19)27-6-3)14-23-24-18-10-8-17(22)9-11-18/h7-14,24H,4-6,15H2,1-3H3/b23-14+. The van der Waals surface area contributed by atoms with Gasteiger partial charge in [0.1, 0.15) is 5.82 Å². The fraction of sp³-hybridized carbons (Fsp3) is 0.333. The fourth-order valence-electron chi connectivity index (χ4n) is 2.51. The highest BCUT2D eigenvalue weighted by molar-refractivity contribution is 5.82. The van der Waals surface area contributed by atoms with Gasteiger partial charge >= 0.3 is 0 Å². The maximum absolute atomic E-state index is 12.9. The quantitative estimate of drug-likeness (QED) is 0.496. The summed E-state index contributed by atoms with van der Waals surface area (Å²) in [5, 5.41) is 4.14. The van der Waals surface area contributed by atoms with Crippen LogP contribution in [0.25, 0.3) is 0 Å². The van der Waals surface area contributed by atoms with Crippen molar-refractivity contribution in [1.82, 2.24) is 4.90 Å². The van der Waals surface area contributed by atoms with Crippen LogP contribution in [0.3, 0.4) is 0 Å². The number of anilines is 1. The maximum atomic E-state index is 12.9. The van der Waals surface area contributed by atoms with Crippen LogP contribution in [0.5, 0.6) is 11.5 Å². The first-order valence-corrected chi connectivity index (χ1v) is 9.29. The second-order valence-electron chi connectivity index (χ2n) is 5.87. The van der Waals surface area contributed by atoms with Gasteiger partial charge in [-0.1, -0.05) is 0 Å². The molecule has 28 heavy (non-hydrogen) atoms. The van der Waals surface area contributed by atoms with E-state index in [1.54, 1.807) is 35.4 Å². The van der Waals surface area contributed by atoms with Gasteiger partial charge in [0.15, 0.2) is 18.1 Å². The molecule has 2 aromatic rings. The van der Waals surface area contributed by atoms with Gasteiger partial charge in [-0.3, -0.25) is 10.2 Å². The number of nitrogens with one attached hydrogen (secondary N) is 1. The molecule has 2 aromatic carbocycles. The van der Waals surface area contributed by atoms with Crippen molar-refractivity contribution in [3.05, 3.63) is 53.8 Å². The van der Waals surface area contributed by atoms with Crippen molar-refractivity contribution in [1.29, 1.82) is 0 Å². The molecule has 0 heterocycles. The Hall–Kier alpha value is -3.09. The molecule has 1 amide bonds. The predicted molar refractivity (Wildman–Crippen MR) is 109 cm³/mol. The normalized spacial score (nSPS) is 10.7. The van der Waals surface area contributed by atoms with Crippen LogP contribution in [0.4, 0.5) is 10.1 Å². The van der Waals surface area contributed by atoms with Gasteiger partial charge in [-0.25, -0.2) is 4.39 Å². The van der Waals surface area contributed by atoms with E-state index in [1.807, 2.05) is 26.8 Å². The molecule has 0 unspecified atom stereocenters. The highest BCUT2D eigenvalue weighted by Crippen LogP contribution is 2.28. The van der Waals surface area contributed by atoms with Gasteiger partial charge in [0, 0.05) is 13.1 Å². The second-order valence-corrected chi connectivity index (χ2v) is 5.87. The third kappa shape index (κ3) is 6.26. The van der Waals surface area contributed by atoms with Crippen LogP contribution in [-0.4, -0.2) is 43.3 Å². The summed E-state index contributed by atoms with van der Waals surface area (Å²) in [5.41, 5.74) is 4.30. The molecule has 0 aliphatic carbocycles. The van der Waals surface area contributed by atoms with E-state index in [-0.39, 0.29) is 18.3 Å². The van der Waals surface area contributed by atoms with E-state index in [2.05, 4.69) is 10.5 Å². The van der Waals surface area contributed by atoms with E-state index in [0.717, 1.165) is 5.56 Å². The molecule has 0 aromatic heterocycles. The molecule has 0 fully saturated rings. The summed E-state index contributed by atoms with van der Waals surface area (Å²) in [4.78, 5) is 13.8. The minimum atomic E-state index is -0.300. The van der Waals surface area contributed by atoms with Crippen molar-refractivity contribution in [3.63, 3.8) is 0 Å². The zero-order chi connectivity index (χ0) is 20.4. The van der Waals surface area contributed by atoms with Crippen LogP contribution < -0.4 is 14.9 Å². The van der Waals surface area contributed by atoms with Crippen LogP contribution in [0.2, 0.25) is 0 Å². The number of halogens is 1. The Morgan fingerprint density at radius 2 is 1.79 bits per heavy atom. The summed E-state index contributed by atoms with van der Waals surface area (Å²) in [5.74, 6) is 0.680. The Kier molecular flexibility index (Phi) is 8.27. The summed E-state index contributed by atoms with van der Waals surface area (Å²) >= 11 is 0. The number of hydrazone groups is 1. The van der Waals surface area contributed by atoms with Gasteiger partial charge in [-0.15, -0.1) is 0 Å². The molecule has 6 nitrogen and oxygen atoms in total. The molecule has 2 rings (SSSR count). The summed E-state index contributed by atoms with van der Waals surface area (Å²) in [7, 11) is 0.